The van der Waals surface area contributed by atoms with Gasteiger partial charge >= 0.3 is 0 Å². The number of carbonyl (C=O) groups is 1. The third-order valence-electron chi connectivity index (χ3n) is 2.83. The molecule has 2 rings (SSSR count). The molecule has 1 aliphatic heterocycles. The second-order valence-corrected chi connectivity index (χ2v) is 6.04. The summed E-state index contributed by atoms with van der Waals surface area (Å²) in [6, 6.07) is 5.46. The van der Waals surface area contributed by atoms with Gasteiger partial charge in [-0.15, -0.1) is 0 Å². The van der Waals surface area contributed by atoms with Crippen molar-refractivity contribution in [3.8, 4) is 0 Å². The number of carbonyl (C=O) groups excluding carboxylic acids is 1. The lowest BCUT2D eigenvalue weighted by Gasteiger charge is -2.26. The highest BCUT2D eigenvalue weighted by Crippen LogP contribution is 2.23. The Morgan fingerprint density at radius 2 is 1.94 bits per heavy atom. The van der Waals surface area contributed by atoms with Crippen LogP contribution in [0.15, 0.2) is 18.2 Å². The molecule has 0 aromatic heterocycles. The molecule has 1 aliphatic rings. The minimum Gasteiger partial charge on any atom is -0.293 e. The lowest BCUT2D eigenvalue weighted by atomic mass is 9.96. The Labute approximate surface area is 94.9 Å². The monoisotopic (exact) mass is 239 g/mol. The molecular formula is C11H13NO3S. The van der Waals surface area contributed by atoms with Gasteiger partial charge in [-0.3, -0.25) is 4.79 Å². The molecule has 0 aliphatic carbocycles. The summed E-state index contributed by atoms with van der Waals surface area (Å²) in [4.78, 5) is 11.8. The van der Waals surface area contributed by atoms with Crippen LogP contribution in [0.5, 0.6) is 0 Å². The minimum absolute atomic E-state index is 0.0463. The number of ketones is 1. The van der Waals surface area contributed by atoms with Gasteiger partial charge in [0.15, 0.2) is 5.78 Å². The second kappa shape index (κ2) is 3.68. The van der Waals surface area contributed by atoms with E-state index in [1.165, 1.54) is 4.31 Å². The number of hydrogen-bond acceptors (Lipinski definition) is 3. The molecule has 0 saturated carbocycles. The zero-order valence-corrected chi connectivity index (χ0v) is 10.0. The molecule has 1 aromatic rings. The topological polar surface area (TPSA) is 54.5 Å². The van der Waals surface area contributed by atoms with Gasteiger partial charge in [-0.1, -0.05) is 18.2 Å². The van der Waals surface area contributed by atoms with Crippen LogP contribution in [0.4, 0.5) is 0 Å². The third kappa shape index (κ3) is 1.88. The summed E-state index contributed by atoms with van der Waals surface area (Å²) in [6.07, 6.45) is 1.13. The summed E-state index contributed by atoms with van der Waals surface area (Å²) in [5.74, 6) is -0.129. The predicted molar refractivity (Wildman–Crippen MR) is 60.8 cm³/mol. The molecule has 0 bridgehead atoms. The Kier molecular flexibility index (Phi) is 2.59. The number of aryl methyl sites for hydroxylation is 1. The molecule has 4 nitrogen and oxygen atoms in total. The van der Waals surface area contributed by atoms with Crippen LogP contribution < -0.4 is 0 Å². The van der Waals surface area contributed by atoms with E-state index in [4.69, 9.17) is 0 Å². The van der Waals surface area contributed by atoms with Crippen molar-refractivity contribution in [1.82, 2.24) is 4.31 Å². The lowest BCUT2D eigenvalue weighted by molar-refractivity contribution is 0.0949. The van der Waals surface area contributed by atoms with Crippen LogP contribution in [0.1, 0.15) is 21.5 Å². The molecule has 1 heterocycles. The van der Waals surface area contributed by atoms with E-state index in [1.807, 2.05) is 19.1 Å². The Balaban J connectivity index is 2.51. The highest BCUT2D eigenvalue weighted by molar-refractivity contribution is 7.88. The highest BCUT2D eigenvalue weighted by Gasteiger charge is 2.29. The molecule has 0 atom stereocenters. The molecule has 0 spiro atoms. The van der Waals surface area contributed by atoms with Crippen molar-refractivity contribution < 1.29 is 13.2 Å². The molecule has 5 heteroatoms. The first kappa shape index (κ1) is 11.3. The van der Waals surface area contributed by atoms with Gasteiger partial charge in [-0.25, -0.2) is 8.42 Å². The molecule has 0 amide bonds. The van der Waals surface area contributed by atoms with Crippen LogP contribution >= 0.6 is 0 Å². The normalized spacial score (nSPS) is 17.2. The first-order valence-corrected chi connectivity index (χ1v) is 6.81. The van der Waals surface area contributed by atoms with E-state index in [1.54, 1.807) is 6.07 Å². The molecular weight excluding hydrogens is 226 g/mol. The number of Topliss-reactive ketones (excluding diaryl/α,β-unsaturated/α-hetero) is 1. The van der Waals surface area contributed by atoms with E-state index in [-0.39, 0.29) is 12.3 Å². The molecule has 0 radical (unpaired) electrons. The number of rotatable bonds is 1. The maximum Gasteiger partial charge on any atom is 0.211 e. The standard InChI is InChI=1S/C11H13NO3S/c1-8-4-3-5-9-10(8)6-12(7-11(9)13)16(2,14)15/h3-5H,6-7H2,1-2H3. The Hall–Kier alpha value is -1.20. The molecule has 16 heavy (non-hydrogen) atoms. The van der Waals surface area contributed by atoms with Gasteiger partial charge < -0.3 is 0 Å². The second-order valence-electron chi connectivity index (χ2n) is 4.06. The zero-order valence-electron chi connectivity index (χ0n) is 9.23. The predicted octanol–water partition coefficient (Wildman–Crippen LogP) is 0.953. The summed E-state index contributed by atoms with van der Waals surface area (Å²) < 4.78 is 24.1. The van der Waals surface area contributed by atoms with Crippen molar-refractivity contribution in [3.63, 3.8) is 0 Å². The van der Waals surface area contributed by atoms with E-state index in [0.717, 1.165) is 17.4 Å². The minimum atomic E-state index is -3.31. The van der Waals surface area contributed by atoms with Crippen molar-refractivity contribution >= 4 is 15.8 Å². The van der Waals surface area contributed by atoms with E-state index < -0.39 is 10.0 Å². The van der Waals surface area contributed by atoms with Crippen molar-refractivity contribution in [3.05, 3.63) is 34.9 Å². The maximum atomic E-state index is 11.8. The zero-order chi connectivity index (χ0) is 11.9. The summed E-state index contributed by atoms with van der Waals surface area (Å²) in [6.45, 7) is 2.14. The number of hydrogen-bond donors (Lipinski definition) is 0. The van der Waals surface area contributed by atoms with Crippen LogP contribution in [0.25, 0.3) is 0 Å². The SMILES string of the molecule is Cc1cccc2c1CN(S(C)(=O)=O)CC2=O. The van der Waals surface area contributed by atoms with Gasteiger partial charge in [-0.05, 0) is 18.1 Å². The fourth-order valence-corrected chi connectivity index (χ4v) is 2.60. The molecule has 86 valence electrons. The molecule has 0 N–H and O–H groups in total. The largest absolute Gasteiger partial charge is 0.293 e. The Bertz CT molecular complexity index is 548. The van der Waals surface area contributed by atoms with Crippen LogP contribution in [0.2, 0.25) is 0 Å². The van der Waals surface area contributed by atoms with Crippen molar-refractivity contribution in [2.75, 3.05) is 12.8 Å². The highest BCUT2D eigenvalue weighted by atomic mass is 32.2. The van der Waals surface area contributed by atoms with Gasteiger partial charge in [0, 0.05) is 12.1 Å². The average molecular weight is 239 g/mol. The van der Waals surface area contributed by atoms with Crippen molar-refractivity contribution in [1.29, 1.82) is 0 Å². The van der Waals surface area contributed by atoms with E-state index in [2.05, 4.69) is 0 Å². The Morgan fingerprint density at radius 3 is 2.56 bits per heavy atom. The summed E-state index contributed by atoms with van der Waals surface area (Å²) in [5, 5.41) is 0. The Morgan fingerprint density at radius 1 is 1.25 bits per heavy atom. The van der Waals surface area contributed by atoms with Crippen LogP contribution in [0.3, 0.4) is 0 Å². The van der Waals surface area contributed by atoms with Crippen LogP contribution in [-0.2, 0) is 16.6 Å². The van der Waals surface area contributed by atoms with Gasteiger partial charge in [-0.2, -0.15) is 4.31 Å². The first-order chi connectivity index (χ1) is 7.39. The van der Waals surface area contributed by atoms with Crippen LogP contribution in [0, 0.1) is 6.92 Å². The average Bonchev–Trinajstić information content (AvgIpc) is 2.18. The molecule has 0 fully saturated rings. The van der Waals surface area contributed by atoms with E-state index in [9.17, 15) is 13.2 Å². The lowest BCUT2D eigenvalue weighted by Crippen LogP contribution is -2.39. The smallest absolute Gasteiger partial charge is 0.211 e. The fraction of sp³-hybridized carbons (Fsp3) is 0.364. The van der Waals surface area contributed by atoms with Crippen molar-refractivity contribution in [2.24, 2.45) is 0 Å². The van der Waals surface area contributed by atoms with Gasteiger partial charge in [0.25, 0.3) is 0 Å². The van der Waals surface area contributed by atoms with Gasteiger partial charge in [0.05, 0.1) is 12.8 Å². The maximum absolute atomic E-state index is 11.8. The van der Waals surface area contributed by atoms with E-state index in [0.29, 0.717) is 12.1 Å². The summed E-state index contributed by atoms with van der Waals surface area (Å²) >= 11 is 0. The summed E-state index contributed by atoms with van der Waals surface area (Å²) in [7, 11) is -3.31. The number of benzene rings is 1. The first-order valence-electron chi connectivity index (χ1n) is 4.96. The van der Waals surface area contributed by atoms with Crippen LogP contribution in [-0.4, -0.2) is 31.3 Å². The number of nitrogens with zero attached hydrogens (tertiary/aromatic N) is 1. The third-order valence-corrected chi connectivity index (χ3v) is 4.03. The fourth-order valence-electron chi connectivity index (χ4n) is 1.89. The molecule has 0 saturated heterocycles. The summed E-state index contributed by atoms with van der Waals surface area (Å²) in [5.41, 5.74) is 2.43. The van der Waals surface area contributed by atoms with E-state index >= 15 is 0 Å². The number of fused-ring (bicyclic) bond motifs is 1. The quantitative estimate of drug-likeness (QED) is 0.733. The molecule has 0 unspecified atom stereocenters. The van der Waals surface area contributed by atoms with Gasteiger partial charge in [0.1, 0.15) is 0 Å². The van der Waals surface area contributed by atoms with Crippen molar-refractivity contribution in [2.45, 2.75) is 13.5 Å². The van der Waals surface area contributed by atoms with Gasteiger partial charge in [0.2, 0.25) is 10.0 Å². The number of sulfonamides is 1. The molecule has 1 aromatic carbocycles.